The number of hydrogen-bond acceptors (Lipinski definition) is 1. The molecule has 0 radical (unpaired) electrons. The summed E-state index contributed by atoms with van der Waals surface area (Å²) in [4.78, 5) is 0. The third-order valence-electron chi connectivity index (χ3n) is 3.15. The van der Waals surface area contributed by atoms with Gasteiger partial charge in [-0.1, -0.05) is 27.2 Å². The predicted molar refractivity (Wildman–Crippen MR) is 52.2 cm³/mol. The molecule has 12 heavy (non-hydrogen) atoms. The van der Waals surface area contributed by atoms with Gasteiger partial charge in [-0.25, -0.2) is 0 Å². The molecule has 0 bridgehead atoms. The Kier molecular flexibility index (Phi) is 3.16. The number of ether oxygens (including phenoxy) is 1. The topological polar surface area (TPSA) is 9.23 Å². The number of rotatable bonds is 2. The minimum atomic E-state index is 0.472. The van der Waals surface area contributed by atoms with Crippen LogP contribution in [0.15, 0.2) is 0 Å². The molecule has 0 spiro atoms. The van der Waals surface area contributed by atoms with Crippen LogP contribution >= 0.6 is 0 Å². The first-order valence-electron chi connectivity index (χ1n) is 5.04. The largest absolute Gasteiger partial charge is 0.384 e. The minimum absolute atomic E-state index is 0.472. The van der Waals surface area contributed by atoms with Gasteiger partial charge in [-0.3, -0.25) is 0 Å². The molecule has 1 heteroatoms. The third kappa shape index (κ3) is 2.22. The second kappa shape index (κ2) is 3.78. The molecule has 1 aliphatic rings. The Morgan fingerprint density at radius 2 is 1.92 bits per heavy atom. The van der Waals surface area contributed by atoms with Gasteiger partial charge in [-0.15, -0.1) is 0 Å². The molecule has 72 valence electrons. The van der Waals surface area contributed by atoms with E-state index in [2.05, 4.69) is 20.8 Å². The SMILES string of the molecule is COC[C@@H]1CCCC1C(C)(C)C. The van der Waals surface area contributed by atoms with Crippen LogP contribution in [-0.4, -0.2) is 13.7 Å². The molecule has 0 N–H and O–H groups in total. The van der Waals surface area contributed by atoms with E-state index in [1.165, 1.54) is 19.3 Å². The van der Waals surface area contributed by atoms with E-state index in [1.807, 2.05) is 7.11 Å². The fraction of sp³-hybridized carbons (Fsp3) is 1.00. The molecule has 0 saturated heterocycles. The van der Waals surface area contributed by atoms with Crippen molar-refractivity contribution in [2.45, 2.75) is 40.0 Å². The molecule has 1 rings (SSSR count). The molecule has 0 aliphatic heterocycles. The highest BCUT2D eigenvalue weighted by Gasteiger charge is 2.35. The van der Waals surface area contributed by atoms with Crippen LogP contribution in [0.3, 0.4) is 0 Å². The summed E-state index contributed by atoms with van der Waals surface area (Å²) in [6, 6.07) is 0. The Labute approximate surface area is 76.5 Å². The molecule has 1 nitrogen and oxygen atoms in total. The van der Waals surface area contributed by atoms with Crippen LogP contribution in [0.25, 0.3) is 0 Å². The Morgan fingerprint density at radius 1 is 1.25 bits per heavy atom. The zero-order valence-corrected chi connectivity index (χ0v) is 8.89. The van der Waals surface area contributed by atoms with Gasteiger partial charge in [0.05, 0.1) is 0 Å². The molecule has 0 heterocycles. The van der Waals surface area contributed by atoms with E-state index < -0.39 is 0 Å². The van der Waals surface area contributed by atoms with Crippen LogP contribution < -0.4 is 0 Å². The van der Waals surface area contributed by atoms with Gasteiger partial charge in [0, 0.05) is 13.7 Å². The van der Waals surface area contributed by atoms with Crippen LogP contribution in [-0.2, 0) is 4.74 Å². The van der Waals surface area contributed by atoms with Crippen molar-refractivity contribution in [3.8, 4) is 0 Å². The van der Waals surface area contributed by atoms with Crippen molar-refractivity contribution in [1.82, 2.24) is 0 Å². The van der Waals surface area contributed by atoms with Gasteiger partial charge < -0.3 is 4.74 Å². The summed E-state index contributed by atoms with van der Waals surface area (Å²) in [5.41, 5.74) is 0.472. The van der Waals surface area contributed by atoms with Gasteiger partial charge in [0.15, 0.2) is 0 Å². The zero-order chi connectivity index (χ0) is 9.19. The van der Waals surface area contributed by atoms with Gasteiger partial charge in [0.2, 0.25) is 0 Å². The van der Waals surface area contributed by atoms with E-state index in [4.69, 9.17) is 4.74 Å². The van der Waals surface area contributed by atoms with E-state index >= 15 is 0 Å². The van der Waals surface area contributed by atoms with Gasteiger partial charge in [-0.2, -0.15) is 0 Å². The van der Waals surface area contributed by atoms with Crippen LogP contribution in [0.4, 0.5) is 0 Å². The smallest absolute Gasteiger partial charge is 0.0493 e. The second-order valence-electron chi connectivity index (χ2n) is 5.12. The standard InChI is InChI=1S/C11H22O/c1-11(2,3)10-7-5-6-9(10)8-12-4/h9-10H,5-8H2,1-4H3/t9-,10?/m0/s1. The highest BCUT2D eigenvalue weighted by atomic mass is 16.5. The van der Waals surface area contributed by atoms with Crippen LogP contribution in [0.1, 0.15) is 40.0 Å². The van der Waals surface area contributed by atoms with Crippen molar-refractivity contribution in [3.63, 3.8) is 0 Å². The molecule has 1 saturated carbocycles. The summed E-state index contributed by atoms with van der Waals surface area (Å²) in [5.74, 6) is 1.69. The molecular weight excluding hydrogens is 148 g/mol. The summed E-state index contributed by atoms with van der Waals surface area (Å²) in [6.07, 6.45) is 4.17. The Balaban J connectivity index is 2.52. The summed E-state index contributed by atoms with van der Waals surface area (Å²) < 4.78 is 5.25. The Hall–Kier alpha value is -0.0400. The zero-order valence-electron chi connectivity index (χ0n) is 8.89. The van der Waals surface area contributed by atoms with Crippen molar-refractivity contribution in [3.05, 3.63) is 0 Å². The lowest BCUT2D eigenvalue weighted by Gasteiger charge is -2.31. The first-order chi connectivity index (χ1) is 5.55. The molecule has 0 aromatic rings. The number of hydrogen-bond donors (Lipinski definition) is 0. The predicted octanol–water partition coefficient (Wildman–Crippen LogP) is 3.10. The summed E-state index contributed by atoms with van der Waals surface area (Å²) in [7, 11) is 1.82. The van der Waals surface area contributed by atoms with E-state index in [0.717, 1.165) is 18.4 Å². The summed E-state index contributed by atoms with van der Waals surface area (Å²) in [6.45, 7) is 8.02. The van der Waals surface area contributed by atoms with Gasteiger partial charge >= 0.3 is 0 Å². The lowest BCUT2D eigenvalue weighted by atomic mass is 9.75. The van der Waals surface area contributed by atoms with E-state index in [1.54, 1.807) is 0 Å². The molecule has 1 unspecified atom stereocenters. The summed E-state index contributed by atoms with van der Waals surface area (Å²) >= 11 is 0. The van der Waals surface area contributed by atoms with Gasteiger partial charge in [-0.05, 0) is 30.1 Å². The average molecular weight is 170 g/mol. The van der Waals surface area contributed by atoms with Crippen LogP contribution in [0.2, 0.25) is 0 Å². The lowest BCUT2D eigenvalue weighted by Crippen LogP contribution is -2.26. The molecule has 0 aromatic carbocycles. The monoisotopic (exact) mass is 170 g/mol. The average Bonchev–Trinajstić information content (AvgIpc) is 2.34. The Bertz CT molecular complexity index is 134. The summed E-state index contributed by atoms with van der Waals surface area (Å²) in [5, 5.41) is 0. The Morgan fingerprint density at radius 3 is 2.42 bits per heavy atom. The van der Waals surface area contributed by atoms with Crippen molar-refractivity contribution in [2.24, 2.45) is 17.3 Å². The first kappa shape index (κ1) is 10.0. The van der Waals surface area contributed by atoms with E-state index in [9.17, 15) is 0 Å². The molecule has 2 atom stereocenters. The lowest BCUT2D eigenvalue weighted by molar-refractivity contribution is 0.0901. The van der Waals surface area contributed by atoms with E-state index in [0.29, 0.717) is 5.41 Å². The number of methoxy groups -OCH3 is 1. The van der Waals surface area contributed by atoms with Crippen molar-refractivity contribution in [1.29, 1.82) is 0 Å². The maximum absolute atomic E-state index is 5.25. The molecule has 0 amide bonds. The normalized spacial score (nSPS) is 31.0. The van der Waals surface area contributed by atoms with E-state index in [-0.39, 0.29) is 0 Å². The highest BCUT2D eigenvalue weighted by Crippen LogP contribution is 2.43. The molecule has 1 fully saturated rings. The third-order valence-corrected chi connectivity index (χ3v) is 3.15. The minimum Gasteiger partial charge on any atom is -0.384 e. The van der Waals surface area contributed by atoms with Gasteiger partial charge in [0.25, 0.3) is 0 Å². The van der Waals surface area contributed by atoms with Crippen molar-refractivity contribution >= 4 is 0 Å². The van der Waals surface area contributed by atoms with Crippen molar-refractivity contribution < 1.29 is 4.74 Å². The van der Waals surface area contributed by atoms with Crippen LogP contribution in [0, 0.1) is 17.3 Å². The second-order valence-corrected chi connectivity index (χ2v) is 5.12. The highest BCUT2D eigenvalue weighted by molar-refractivity contribution is 4.85. The molecule has 1 aliphatic carbocycles. The van der Waals surface area contributed by atoms with Gasteiger partial charge in [0.1, 0.15) is 0 Å². The fourth-order valence-electron chi connectivity index (χ4n) is 2.59. The maximum atomic E-state index is 5.25. The first-order valence-corrected chi connectivity index (χ1v) is 5.04. The molecular formula is C11H22O. The quantitative estimate of drug-likeness (QED) is 0.619. The fourth-order valence-corrected chi connectivity index (χ4v) is 2.59. The molecule has 0 aromatic heterocycles. The van der Waals surface area contributed by atoms with Crippen LogP contribution in [0.5, 0.6) is 0 Å². The van der Waals surface area contributed by atoms with Crippen molar-refractivity contribution in [2.75, 3.05) is 13.7 Å². The maximum Gasteiger partial charge on any atom is 0.0493 e.